The molecule has 6 heteroatoms. The van der Waals surface area contributed by atoms with Gasteiger partial charge in [-0.1, -0.05) is 0 Å². The number of H-pyrrole nitrogens is 1. The topological polar surface area (TPSA) is 79.6 Å². The Bertz CT molecular complexity index is 685. The summed E-state index contributed by atoms with van der Waals surface area (Å²) in [7, 11) is 0. The first kappa shape index (κ1) is 11.0. The zero-order valence-electron chi connectivity index (χ0n) is 9.90. The second-order valence-electron chi connectivity index (χ2n) is 4.11. The summed E-state index contributed by atoms with van der Waals surface area (Å²) in [5, 5.41) is 12.3. The quantitative estimate of drug-likeness (QED) is 0.631. The maximum atomic E-state index is 5.99. The summed E-state index contributed by atoms with van der Waals surface area (Å²) in [6, 6.07) is 3.88. The van der Waals surface area contributed by atoms with E-state index in [9.17, 15) is 0 Å². The van der Waals surface area contributed by atoms with E-state index in [0.29, 0.717) is 6.54 Å². The molecule has 0 fully saturated rings. The van der Waals surface area contributed by atoms with Crippen molar-refractivity contribution in [3.63, 3.8) is 0 Å². The molecule has 0 bridgehead atoms. The van der Waals surface area contributed by atoms with Gasteiger partial charge in [0.15, 0.2) is 0 Å². The van der Waals surface area contributed by atoms with E-state index in [1.807, 2.05) is 25.3 Å². The summed E-state index contributed by atoms with van der Waals surface area (Å²) >= 11 is 1.68. The predicted octanol–water partition coefficient (Wildman–Crippen LogP) is 2.52. The fourth-order valence-corrected chi connectivity index (χ4v) is 2.54. The van der Waals surface area contributed by atoms with E-state index in [2.05, 4.69) is 20.5 Å². The van der Waals surface area contributed by atoms with Gasteiger partial charge in [0.05, 0.1) is 29.6 Å². The van der Waals surface area contributed by atoms with Gasteiger partial charge in [-0.25, -0.2) is 4.98 Å². The normalized spacial score (nSPS) is 10.9. The van der Waals surface area contributed by atoms with Crippen LogP contribution in [0.4, 0.5) is 11.4 Å². The minimum atomic E-state index is 0.683. The molecule has 0 saturated carbocycles. The van der Waals surface area contributed by atoms with Crippen LogP contribution in [-0.4, -0.2) is 15.2 Å². The third-order valence-corrected chi connectivity index (χ3v) is 3.62. The fourth-order valence-electron chi connectivity index (χ4n) is 1.82. The number of benzene rings is 1. The molecule has 0 aliphatic carbocycles. The Labute approximate surface area is 108 Å². The Morgan fingerprint density at radius 3 is 3.06 bits per heavy atom. The first-order chi connectivity index (χ1) is 8.72. The number of nitrogen functional groups attached to an aromatic ring is 1. The molecule has 0 atom stereocenters. The number of nitrogens with zero attached hydrogens (tertiary/aromatic N) is 2. The average molecular weight is 259 g/mol. The van der Waals surface area contributed by atoms with E-state index in [-0.39, 0.29) is 0 Å². The fraction of sp³-hybridized carbons (Fsp3) is 0.167. The van der Waals surface area contributed by atoms with Crippen LogP contribution in [0, 0.1) is 6.92 Å². The number of nitrogens with one attached hydrogen (secondary N) is 2. The van der Waals surface area contributed by atoms with Crippen LogP contribution < -0.4 is 11.1 Å². The first-order valence-electron chi connectivity index (χ1n) is 5.60. The lowest BCUT2D eigenvalue weighted by Crippen LogP contribution is -2.02. The molecule has 4 N–H and O–H groups in total. The van der Waals surface area contributed by atoms with Gasteiger partial charge in [0.2, 0.25) is 0 Å². The molecule has 0 aliphatic heterocycles. The summed E-state index contributed by atoms with van der Waals surface area (Å²) in [5.41, 5.74) is 8.59. The standard InChI is InChI=1S/C12H13N5S/c1-7-4-15-12(18-7)6-14-11-3-10-8(2-9(11)13)5-16-17-10/h2-5,14H,6,13H2,1H3,(H,16,17). The van der Waals surface area contributed by atoms with Gasteiger partial charge < -0.3 is 11.1 Å². The molecular formula is C12H13N5S. The van der Waals surface area contributed by atoms with E-state index in [1.165, 1.54) is 4.88 Å². The second kappa shape index (κ2) is 4.30. The van der Waals surface area contributed by atoms with Crippen LogP contribution >= 0.6 is 11.3 Å². The van der Waals surface area contributed by atoms with Gasteiger partial charge in [0.1, 0.15) is 5.01 Å². The lowest BCUT2D eigenvalue weighted by molar-refractivity contribution is 1.10. The number of rotatable bonds is 3. The molecule has 0 unspecified atom stereocenters. The molecule has 1 aromatic carbocycles. The molecule has 3 rings (SSSR count). The molecule has 0 aliphatic rings. The van der Waals surface area contributed by atoms with Crippen LogP contribution in [0.5, 0.6) is 0 Å². The second-order valence-corrected chi connectivity index (χ2v) is 5.43. The number of thiazole rings is 1. The van der Waals surface area contributed by atoms with Crippen molar-refractivity contribution in [2.24, 2.45) is 0 Å². The van der Waals surface area contributed by atoms with E-state index >= 15 is 0 Å². The number of aromatic nitrogens is 3. The van der Waals surface area contributed by atoms with Crippen molar-refractivity contribution in [1.29, 1.82) is 0 Å². The number of hydrogen-bond donors (Lipinski definition) is 3. The summed E-state index contributed by atoms with van der Waals surface area (Å²) in [4.78, 5) is 5.52. The highest BCUT2D eigenvalue weighted by Crippen LogP contribution is 2.25. The van der Waals surface area contributed by atoms with E-state index in [4.69, 9.17) is 5.73 Å². The average Bonchev–Trinajstić information content (AvgIpc) is 2.94. The van der Waals surface area contributed by atoms with Crippen molar-refractivity contribution in [2.45, 2.75) is 13.5 Å². The number of aryl methyl sites for hydroxylation is 1. The van der Waals surface area contributed by atoms with Gasteiger partial charge in [0.25, 0.3) is 0 Å². The maximum absolute atomic E-state index is 5.99. The molecule has 18 heavy (non-hydrogen) atoms. The molecule has 2 aromatic heterocycles. The van der Waals surface area contributed by atoms with Crippen LogP contribution in [0.15, 0.2) is 24.5 Å². The predicted molar refractivity (Wildman–Crippen MR) is 74.7 cm³/mol. The Kier molecular flexibility index (Phi) is 2.64. The highest BCUT2D eigenvalue weighted by molar-refractivity contribution is 7.11. The van der Waals surface area contributed by atoms with Gasteiger partial charge in [-0.2, -0.15) is 5.10 Å². The smallest absolute Gasteiger partial charge is 0.112 e. The minimum absolute atomic E-state index is 0.683. The zero-order valence-corrected chi connectivity index (χ0v) is 10.7. The lowest BCUT2D eigenvalue weighted by atomic mass is 10.2. The maximum Gasteiger partial charge on any atom is 0.112 e. The molecule has 0 saturated heterocycles. The van der Waals surface area contributed by atoms with Crippen LogP contribution in [-0.2, 0) is 6.54 Å². The summed E-state index contributed by atoms with van der Waals surface area (Å²) in [6.07, 6.45) is 3.64. The van der Waals surface area contributed by atoms with Crippen molar-refractivity contribution < 1.29 is 0 Å². The van der Waals surface area contributed by atoms with Gasteiger partial charge in [-0.15, -0.1) is 11.3 Å². The molecule has 2 heterocycles. The van der Waals surface area contributed by atoms with E-state index < -0.39 is 0 Å². The zero-order chi connectivity index (χ0) is 12.5. The van der Waals surface area contributed by atoms with E-state index in [0.717, 1.165) is 27.3 Å². The van der Waals surface area contributed by atoms with Crippen LogP contribution in [0.3, 0.4) is 0 Å². The van der Waals surface area contributed by atoms with Crippen molar-refractivity contribution >= 4 is 33.6 Å². The van der Waals surface area contributed by atoms with E-state index in [1.54, 1.807) is 17.5 Å². The SMILES string of the molecule is Cc1cnc(CNc2cc3[nH]ncc3cc2N)s1. The van der Waals surface area contributed by atoms with Gasteiger partial charge in [-0.05, 0) is 19.1 Å². The van der Waals surface area contributed by atoms with Gasteiger partial charge >= 0.3 is 0 Å². The van der Waals surface area contributed by atoms with Crippen molar-refractivity contribution in [2.75, 3.05) is 11.1 Å². The third kappa shape index (κ3) is 2.02. The molecular weight excluding hydrogens is 246 g/mol. The number of nitrogens with two attached hydrogens (primary N) is 1. The number of aromatic amines is 1. The summed E-state index contributed by atoms with van der Waals surface area (Å²) < 4.78 is 0. The first-order valence-corrected chi connectivity index (χ1v) is 6.42. The van der Waals surface area contributed by atoms with Crippen molar-refractivity contribution in [1.82, 2.24) is 15.2 Å². The number of hydrogen-bond acceptors (Lipinski definition) is 5. The highest BCUT2D eigenvalue weighted by Gasteiger charge is 2.04. The van der Waals surface area contributed by atoms with Crippen molar-refractivity contribution in [3.8, 4) is 0 Å². The molecule has 0 radical (unpaired) electrons. The number of fused-ring (bicyclic) bond motifs is 1. The number of anilines is 2. The van der Waals surface area contributed by atoms with Crippen LogP contribution in [0.2, 0.25) is 0 Å². The minimum Gasteiger partial charge on any atom is -0.397 e. The van der Waals surface area contributed by atoms with Crippen LogP contribution in [0.25, 0.3) is 10.9 Å². The largest absolute Gasteiger partial charge is 0.397 e. The molecule has 0 amide bonds. The van der Waals surface area contributed by atoms with Gasteiger partial charge in [-0.3, -0.25) is 5.10 Å². The monoisotopic (exact) mass is 259 g/mol. The molecule has 3 aromatic rings. The van der Waals surface area contributed by atoms with Crippen molar-refractivity contribution in [3.05, 3.63) is 34.4 Å². The van der Waals surface area contributed by atoms with Gasteiger partial charge in [0, 0.05) is 16.5 Å². The Morgan fingerprint density at radius 2 is 2.28 bits per heavy atom. The third-order valence-electron chi connectivity index (χ3n) is 2.71. The molecule has 92 valence electrons. The highest BCUT2D eigenvalue weighted by atomic mass is 32.1. The van der Waals surface area contributed by atoms with Crippen LogP contribution in [0.1, 0.15) is 9.88 Å². The molecule has 0 spiro atoms. The summed E-state index contributed by atoms with van der Waals surface area (Å²) in [5.74, 6) is 0. The Hall–Kier alpha value is -2.08. The summed E-state index contributed by atoms with van der Waals surface area (Å²) in [6.45, 7) is 2.73. The lowest BCUT2D eigenvalue weighted by Gasteiger charge is -2.07. The Balaban J connectivity index is 1.83. The Morgan fingerprint density at radius 1 is 1.39 bits per heavy atom. The molecule has 5 nitrogen and oxygen atoms in total.